The van der Waals surface area contributed by atoms with Crippen molar-refractivity contribution in [3.63, 3.8) is 0 Å². The normalized spacial score (nSPS) is 10.4. The standard InChI is InChI=1S/C15H17BrN2O/c1-2-8-17-10-12-7-9-18-11-15(12)19-14-6-4-3-5-13(14)16/h3-7,9,11,17H,2,8,10H2,1H3. The number of ether oxygens (including phenoxy) is 1. The van der Waals surface area contributed by atoms with Crippen LogP contribution >= 0.6 is 15.9 Å². The molecule has 0 aliphatic rings. The second-order valence-corrected chi connectivity index (χ2v) is 5.05. The molecule has 1 aromatic carbocycles. The first-order chi connectivity index (χ1) is 9.31. The smallest absolute Gasteiger partial charge is 0.150 e. The zero-order chi connectivity index (χ0) is 13.5. The lowest BCUT2D eigenvalue weighted by Crippen LogP contribution is -2.14. The summed E-state index contributed by atoms with van der Waals surface area (Å²) in [5, 5.41) is 3.37. The van der Waals surface area contributed by atoms with Crippen LogP contribution in [-0.4, -0.2) is 11.5 Å². The molecule has 4 heteroatoms. The van der Waals surface area contributed by atoms with Gasteiger partial charge in [-0.1, -0.05) is 19.1 Å². The van der Waals surface area contributed by atoms with Gasteiger partial charge in [0.25, 0.3) is 0 Å². The van der Waals surface area contributed by atoms with Gasteiger partial charge in [-0.15, -0.1) is 0 Å². The molecule has 0 saturated heterocycles. The largest absolute Gasteiger partial charge is 0.454 e. The maximum atomic E-state index is 5.92. The lowest BCUT2D eigenvalue weighted by molar-refractivity contribution is 0.467. The van der Waals surface area contributed by atoms with Crippen LogP contribution in [0.1, 0.15) is 18.9 Å². The first-order valence-electron chi connectivity index (χ1n) is 6.37. The van der Waals surface area contributed by atoms with Crippen molar-refractivity contribution in [2.75, 3.05) is 6.54 Å². The summed E-state index contributed by atoms with van der Waals surface area (Å²) in [6, 6.07) is 9.78. The molecule has 2 rings (SSSR count). The van der Waals surface area contributed by atoms with Gasteiger partial charge in [0.05, 0.1) is 10.7 Å². The van der Waals surface area contributed by atoms with Gasteiger partial charge in [-0.2, -0.15) is 0 Å². The molecular weight excluding hydrogens is 304 g/mol. The molecule has 0 spiro atoms. The van der Waals surface area contributed by atoms with Crippen molar-refractivity contribution >= 4 is 15.9 Å². The van der Waals surface area contributed by atoms with E-state index in [1.54, 1.807) is 12.4 Å². The minimum Gasteiger partial charge on any atom is -0.454 e. The Labute approximate surface area is 122 Å². The van der Waals surface area contributed by atoms with E-state index in [9.17, 15) is 0 Å². The van der Waals surface area contributed by atoms with Crippen molar-refractivity contribution in [3.8, 4) is 11.5 Å². The average Bonchev–Trinajstić information content (AvgIpc) is 2.43. The maximum absolute atomic E-state index is 5.92. The number of aromatic nitrogens is 1. The Morgan fingerprint density at radius 3 is 2.84 bits per heavy atom. The van der Waals surface area contributed by atoms with Crippen LogP contribution in [0.4, 0.5) is 0 Å². The van der Waals surface area contributed by atoms with Gasteiger partial charge in [0.1, 0.15) is 11.5 Å². The lowest BCUT2D eigenvalue weighted by Gasteiger charge is -2.12. The summed E-state index contributed by atoms with van der Waals surface area (Å²) in [6.45, 7) is 3.94. The summed E-state index contributed by atoms with van der Waals surface area (Å²) in [5.74, 6) is 1.59. The van der Waals surface area contributed by atoms with E-state index >= 15 is 0 Å². The number of hydrogen-bond acceptors (Lipinski definition) is 3. The van der Waals surface area contributed by atoms with Crippen LogP contribution in [0.5, 0.6) is 11.5 Å². The number of halogens is 1. The fourth-order valence-corrected chi connectivity index (χ4v) is 2.06. The van der Waals surface area contributed by atoms with E-state index in [0.717, 1.165) is 41.0 Å². The molecule has 0 atom stereocenters. The Morgan fingerprint density at radius 1 is 1.21 bits per heavy atom. The van der Waals surface area contributed by atoms with Crippen LogP contribution in [-0.2, 0) is 6.54 Å². The van der Waals surface area contributed by atoms with Gasteiger partial charge < -0.3 is 10.1 Å². The summed E-state index contributed by atoms with van der Waals surface area (Å²) >= 11 is 3.48. The molecule has 2 aromatic rings. The molecule has 0 saturated carbocycles. The molecule has 1 aromatic heterocycles. The summed E-state index contributed by atoms with van der Waals surface area (Å²) in [6.07, 6.45) is 4.66. The van der Waals surface area contributed by atoms with E-state index in [4.69, 9.17) is 4.74 Å². The van der Waals surface area contributed by atoms with Crippen LogP contribution in [0.25, 0.3) is 0 Å². The highest BCUT2D eigenvalue weighted by atomic mass is 79.9. The van der Waals surface area contributed by atoms with Crippen molar-refractivity contribution in [2.24, 2.45) is 0 Å². The molecule has 0 radical (unpaired) electrons. The number of hydrogen-bond donors (Lipinski definition) is 1. The average molecular weight is 321 g/mol. The zero-order valence-electron chi connectivity index (χ0n) is 10.9. The molecule has 0 aliphatic carbocycles. The molecule has 0 bridgehead atoms. The van der Waals surface area contributed by atoms with Crippen molar-refractivity contribution in [1.29, 1.82) is 0 Å². The fraction of sp³-hybridized carbons (Fsp3) is 0.267. The third-order valence-electron chi connectivity index (χ3n) is 2.67. The summed E-state index contributed by atoms with van der Waals surface area (Å²) in [7, 11) is 0. The Hall–Kier alpha value is -1.39. The van der Waals surface area contributed by atoms with Crippen LogP contribution in [0.15, 0.2) is 47.2 Å². The van der Waals surface area contributed by atoms with E-state index in [1.807, 2.05) is 30.3 Å². The predicted molar refractivity (Wildman–Crippen MR) is 80.5 cm³/mol. The number of benzene rings is 1. The Bertz CT molecular complexity index is 531. The van der Waals surface area contributed by atoms with Crippen LogP contribution < -0.4 is 10.1 Å². The summed E-state index contributed by atoms with van der Waals surface area (Å²) in [4.78, 5) is 4.13. The first-order valence-corrected chi connectivity index (χ1v) is 7.16. The van der Waals surface area contributed by atoms with Gasteiger partial charge in [-0.25, -0.2) is 0 Å². The number of nitrogens with zero attached hydrogens (tertiary/aromatic N) is 1. The third kappa shape index (κ3) is 4.04. The molecule has 1 heterocycles. The van der Waals surface area contributed by atoms with Gasteiger partial charge in [0.15, 0.2) is 0 Å². The molecule has 19 heavy (non-hydrogen) atoms. The van der Waals surface area contributed by atoms with E-state index < -0.39 is 0 Å². The highest BCUT2D eigenvalue weighted by Gasteiger charge is 2.06. The molecule has 0 unspecified atom stereocenters. The van der Waals surface area contributed by atoms with Crippen molar-refractivity contribution < 1.29 is 4.74 Å². The summed E-state index contributed by atoms with van der Waals surface area (Å²) in [5.41, 5.74) is 1.11. The second kappa shape index (κ2) is 7.26. The fourth-order valence-electron chi connectivity index (χ4n) is 1.69. The molecule has 0 aliphatic heterocycles. The molecule has 0 fully saturated rings. The molecule has 0 amide bonds. The third-order valence-corrected chi connectivity index (χ3v) is 3.32. The Morgan fingerprint density at radius 2 is 2.05 bits per heavy atom. The number of nitrogens with one attached hydrogen (secondary N) is 1. The Balaban J connectivity index is 2.13. The topological polar surface area (TPSA) is 34.2 Å². The van der Waals surface area contributed by atoms with Gasteiger partial charge in [0, 0.05) is 18.3 Å². The monoisotopic (exact) mass is 320 g/mol. The minimum absolute atomic E-state index is 0.788. The molecular formula is C15H17BrN2O. The Kier molecular flexibility index (Phi) is 5.36. The van der Waals surface area contributed by atoms with Crippen LogP contribution in [0, 0.1) is 0 Å². The number of pyridine rings is 1. The maximum Gasteiger partial charge on any atom is 0.150 e. The van der Waals surface area contributed by atoms with Gasteiger partial charge in [-0.3, -0.25) is 4.98 Å². The molecule has 1 N–H and O–H groups in total. The lowest BCUT2D eigenvalue weighted by atomic mass is 10.2. The SMILES string of the molecule is CCCNCc1ccncc1Oc1ccccc1Br. The molecule has 3 nitrogen and oxygen atoms in total. The highest BCUT2D eigenvalue weighted by Crippen LogP contribution is 2.30. The quantitative estimate of drug-likeness (QED) is 0.812. The van der Waals surface area contributed by atoms with Crippen molar-refractivity contribution in [1.82, 2.24) is 10.3 Å². The molecule has 100 valence electrons. The number of para-hydroxylation sites is 1. The van der Waals surface area contributed by atoms with Gasteiger partial charge in [0.2, 0.25) is 0 Å². The summed E-state index contributed by atoms with van der Waals surface area (Å²) < 4.78 is 6.86. The predicted octanol–water partition coefficient (Wildman–Crippen LogP) is 4.14. The minimum atomic E-state index is 0.788. The number of rotatable bonds is 6. The van der Waals surface area contributed by atoms with Gasteiger partial charge in [-0.05, 0) is 47.1 Å². The van der Waals surface area contributed by atoms with Crippen LogP contribution in [0.2, 0.25) is 0 Å². The highest BCUT2D eigenvalue weighted by molar-refractivity contribution is 9.10. The van der Waals surface area contributed by atoms with Crippen molar-refractivity contribution in [2.45, 2.75) is 19.9 Å². The first kappa shape index (κ1) is 14.0. The van der Waals surface area contributed by atoms with E-state index in [2.05, 4.69) is 33.2 Å². The second-order valence-electron chi connectivity index (χ2n) is 4.19. The zero-order valence-corrected chi connectivity index (χ0v) is 12.5. The van der Waals surface area contributed by atoms with Crippen molar-refractivity contribution in [3.05, 3.63) is 52.8 Å². The van der Waals surface area contributed by atoms with E-state index in [1.165, 1.54) is 0 Å². The van der Waals surface area contributed by atoms with Gasteiger partial charge >= 0.3 is 0 Å². The van der Waals surface area contributed by atoms with E-state index in [0.29, 0.717) is 0 Å². The van der Waals surface area contributed by atoms with Crippen LogP contribution in [0.3, 0.4) is 0 Å². The van der Waals surface area contributed by atoms with E-state index in [-0.39, 0.29) is 0 Å².